The zero-order valence-corrected chi connectivity index (χ0v) is 21.0. The summed E-state index contributed by atoms with van der Waals surface area (Å²) in [6, 6.07) is 21.6. The Morgan fingerprint density at radius 3 is 2.44 bits per heavy atom. The van der Waals surface area contributed by atoms with E-state index in [-0.39, 0.29) is 23.9 Å². The number of amides is 2. The number of fused-ring (bicyclic) bond motifs is 4. The number of hydrogen-bond donors (Lipinski definition) is 1. The zero-order valence-electron chi connectivity index (χ0n) is 21.0. The van der Waals surface area contributed by atoms with Crippen molar-refractivity contribution in [3.63, 3.8) is 0 Å². The van der Waals surface area contributed by atoms with Crippen molar-refractivity contribution in [2.45, 2.75) is 44.2 Å². The second-order valence-electron chi connectivity index (χ2n) is 9.60. The lowest BCUT2D eigenvalue weighted by Crippen LogP contribution is -2.51. The van der Waals surface area contributed by atoms with Gasteiger partial charge in [-0.15, -0.1) is 0 Å². The Kier molecular flexibility index (Phi) is 6.68. The molecule has 186 valence electrons. The van der Waals surface area contributed by atoms with Gasteiger partial charge in [-0.1, -0.05) is 54.6 Å². The molecule has 0 fully saturated rings. The third-order valence-corrected chi connectivity index (χ3v) is 7.41. The number of aryl methyl sites for hydroxylation is 1. The second-order valence-corrected chi connectivity index (χ2v) is 9.60. The van der Waals surface area contributed by atoms with Crippen LogP contribution in [0.5, 0.6) is 11.5 Å². The fraction of sp³-hybridized carbons (Fsp3) is 0.333. The van der Waals surface area contributed by atoms with E-state index in [4.69, 9.17) is 9.47 Å². The van der Waals surface area contributed by atoms with Gasteiger partial charge < -0.3 is 19.7 Å². The van der Waals surface area contributed by atoms with Crippen LogP contribution in [0.4, 0.5) is 0 Å². The van der Waals surface area contributed by atoms with Crippen molar-refractivity contribution in [1.82, 2.24) is 10.2 Å². The van der Waals surface area contributed by atoms with E-state index in [0.717, 1.165) is 24.8 Å². The lowest BCUT2D eigenvalue weighted by Gasteiger charge is -2.45. The summed E-state index contributed by atoms with van der Waals surface area (Å²) in [6.07, 6.45) is 2.47. The molecule has 3 unspecified atom stereocenters. The van der Waals surface area contributed by atoms with E-state index in [1.807, 2.05) is 48.2 Å². The van der Waals surface area contributed by atoms with Crippen LogP contribution in [0.2, 0.25) is 0 Å². The maximum atomic E-state index is 14.0. The molecule has 2 heterocycles. The first kappa shape index (κ1) is 23.9. The van der Waals surface area contributed by atoms with Crippen molar-refractivity contribution in [2.75, 3.05) is 20.8 Å². The average molecular weight is 485 g/mol. The standard InChI is InChI=1S/C30H32N2O4/c1-19(13-14-20-9-5-4-6-10-20)31-29(33)27-23-17-25(35-2)26(36-3)18-24(23)30(34)32-16-15-21-11-7-8-12-22(21)28(27)32/h4-12,17-19,27-28H,13-16H2,1-3H3,(H,31,33). The first-order valence-electron chi connectivity index (χ1n) is 12.5. The molecule has 0 radical (unpaired) electrons. The van der Waals surface area contributed by atoms with E-state index in [2.05, 4.69) is 23.5 Å². The minimum absolute atomic E-state index is 0.0220. The SMILES string of the molecule is COc1cc2c(cc1OC)C(C(=O)NC(C)CCc1ccccc1)C1c3ccccc3CCN1C2=O. The van der Waals surface area contributed by atoms with Crippen molar-refractivity contribution >= 4 is 11.8 Å². The van der Waals surface area contributed by atoms with E-state index in [9.17, 15) is 9.59 Å². The van der Waals surface area contributed by atoms with Gasteiger partial charge in [0.1, 0.15) is 0 Å². The molecular weight excluding hydrogens is 452 g/mol. The molecule has 5 rings (SSSR count). The molecule has 0 saturated heterocycles. The van der Waals surface area contributed by atoms with E-state index >= 15 is 0 Å². The summed E-state index contributed by atoms with van der Waals surface area (Å²) in [6.45, 7) is 2.61. The van der Waals surface area contributed by atoms with Gasteiger partial charge >= 0.3 is 0 Å². The summed E-state index contributed by atoms with van der Waals surface area (Å²) in [5.41, 5.74) is 4.65. The molecular formula is C30H32N2O4. The van der Waals surface area contributed by atoms with Crippen molar-refractivity contribution in [1.29, 1.82) is 0 Å². The molecule has 0 spiro atoms. The molecule has 3 aromatic carbocycles. The van der Waals surface area contributed by atoms with Crippen molar-refractivity contribution in [3.8, 4) is 11.5 Å². The minimum Gasteiger partial charge on any atom is -0.493 e. The van der Waals surface area contributed by atoms with Crippen LogP contribution < -0.4 is 14.8 Å². The van der Waals surface area contributed by atoms with Crippen LogP contribution in [0.1, 0.15) is 57.9 Å². The Bertz CT molecular complexity index is 1270. The summed E-state index contributed by atoms with van der Waals surface area (Å²) >= 11 is 0. The normalized spacial score (nSPS) is 19.0. The maximum Gasteiger partial charge on any atom is 0.254 e. The molecule has 0 saturated carbocycles. The smallest absolute Gasteiger partial charge is 0.254 e. The molecule has 6 heteroatoms. The lowest BCUT2D eigenvalue weighted by atomic mass is 9.75. The number of rotatable bonds is 7. The molecule has 3 atom stereocenters. The van der Waals surface area contributed by atoms with Crippen LogP contribution in [0.3, 0.4) is 0 Å². The predicted octanol–water partition coefficient (Wildman–Crippen LogP) is 4.68. The highest BCUT2D eigenvalue weighted by molar-refractivity contribution is 6.02. The molecule has 2 amide bonds. The van der Waals surface area contributed by atoms with Gasteiger partial charge in [0.05, 0.1) is 26.2 Å². The maximum absolute atomic E-state index is 14.0. The number of benzene rings is 3. The summed E-state index contributed by atoms with van der Waals surface area (Å²) in [5.74, 6) is 0.278. The number of nitrogens with one attached hydrogen (secondary N) is 1. The van der Waals surface area contributed by atoms with E-state index in [0.29, 0.717) is 29.2 Å². The molecule has 2 aliphatic heterocycles. The third-order valence-electron chi connectivity index (χ3n) is 7.41. The van der Waals surface area contributed by atoms with Crippen LogP contribution in [0, 0.1) is 0 Å². The van der Waals surface area contributed by atoms with Gasteiger partial charge in [-0.25, -0.2) is 0 Å². The number of nitrogens with zero attached hydrogens (tertiary/aromatic N) is 1. The summed E-state index contributed by atoms with van der Waals surface area (Å²) in [4.78, 5) is 29.5. The number of carbonyl (C=O) groups excluding carboxylic acids is 2. The van der Waals surface area contributed by atoms with Gasteiger partial charge in [0.15, 0.2) is 11.5 Å². The molecule has 0 aliphatic carbocycles. The predicted molar refractivity (Wildman–Crippen MR) is 139 cm³/mol. The van der Waals surface area contributed by atoms with Gasteiger partial charge in [-0.2, -0.15) is 0 Å². The molecule has 1 N–H and O–H groups in total. The minimum atomic E-state index is -0.557. The summed E-state index contributed by atoms with van der Waals surface area (Å²) in [5, 5.41) is 3.26. The Labute approximate surface area is 212 Å². The Hall–Kier alpha value is -3.80. The molecule has 0 bridgehead atoms. The highest BCUT2D eigenvalue weighted by atomic mass is 16.5. The van der Waals surface area contributed by atoms with Crippen LogP contribution in [-0.4, -0.2) is 43.5 Å². The Balaban J connectivity index is 1.52. The van der Waals surface area contributed by atoms with Crippen LogP contribution in [-0.2, 0) is 17.6 Å². The van der Waals surface area contributed by atoms with E-state index < -0.39 is 5.92 Å². The Morgan fingerprint density at radius 1 is 1.00 bits per heavy atom. The first-order chi connectivity index (χ1) is 17.5. The average Bonchev–Trinajstić information content (AvgIpc) is 2.91. The monoisotopic (exact) mass is 484 g/mol. The number of methoxy groups -OCH3 is 2. The van der Waals surface area contributed by atoms with E-state index in [1.165, 1.54) is 11.1 Å². The second kappa shape index (κ2) is 10.1. The third kappa shape index (κ3) is 4.32. The molecule has 2 aliphatic rings. The fourth-order valence-electron chi connectivity index (χ4n) is 5.56. The van der Waals surface area contributed by atoms with Crippen molar-refractivity contribution in [3.05, 3.63) is 94.5 Å². The highest BCUT2D eigenvalue weighted by Gasteiger charge is 2.47. The fourth-order valence-corrected chi connectivity index (χ4v) is 5.56. The van der Waals surface area contributed by atoms with Crippen LogP contribution in [0.15, 0.2) is 66.7 Å². The van der Waals surface area contributed by atoms with Gasteiger partial charge in [0, 0.05) is 18.2 Å². The largest absolute Gasteiger partial charge is 0.493 e. The highest BCUT2D eigenvalue weighted by Crippen LogP contribution is 2.48. The number of carbonyl (C=O) groups is 2. The summed E-state index contributed by atoms with van der Waals surface area (Å²) < 4.78 is 11.0. The lowest BCUT2D eigenvalue weighted by molar-refractivity contribution is -0.125. The first-order valence-corrected chi connectivity index (χ1v) is 12.5. The van der Waals surface area contributed by atoms with Crippen LogP contribution in [0.25, 0.3) is 0 Å². The molecule has 36 heavy (non-hydrogen) atoms. The number of hydrogen-bond acceptors (Lipinski definition) is 4. The molecule has 3 aromatic rings. The quantitative estimate of drug-likeness (QED) is 0.529. The van der Waals surface area contributed by atoms with Gasteiger partial charge in [0.2, 0.25) is 5.91 Å². The zero-order chi connectivity index (χ0) is 25.2. The van der Waals surface area contributed by atoms with Gasteiger partial charge in [-0.3, -0.25) is 9.59 Å². The summed E-state index contributed by atoms with van der Waals surface area (Å²) in [7, 11) is 3.12. The van der Waals surface area contributed by atoms with Gasteiger partial charge in [-0.05, 0) is 60.6 Å². The molecule has 6 nitrogen and oxygen atoms in total. The molecule has 0 aromatic heterocycles. The van der Waals surface area contributed by atoms with E-state index in [1.54, 1.807) is 26.4 Å². The van der Waals surface area contributed by atoms with Gasteiger partial charge in [0.25, 0.3) is 5.91 Å². The van der Waals surface area contributed by atoms with Crippen molar-refractivity contribution in [2.24, 2.45) is 0 Å². The number of ether oxygens (including phenoxy) is 2. The van der Waals surface area contributed by atoms with Crippen LogP contribution >= 0.6 is 0 Å². The van der Waals surface area contributed by atoms with Crippen molar-refractivity contribution < 1.29 is 19.1 Å². The topological polar surface area (TPSA) is 67.9 Å². The Morgan fingerprint density at radius 2 is 1.69 bits per heavy atom.